The van der Waals surface area contributed by atoms with Crippen LogP contribution in [0.15, 0.2) is 30.3 Å². The van der Waals surface area contributed by atoms with Crippen LogP contribution in [0.5, 0.6) is 0 Å². The summed E-state index contributed by atoms with van der Waals surface area (Å²) in [4.78, 5) is 25.0. The van der Waals surface area contributed by atoms with Gasteiger partial charge in [0.25, 0.3) is 0 Å². The summed E-state index contributed by atoms with van der Waals surface area (Å²) in [5, 5.41) is 8.76. The molecule has 0 saturated heterocycles. The molecule has 3 amide bonds. The maximum atomic E-state index is 12.7. The monoisotopic (exact) mass is 345 g/mol. The summed E-state index contributed by atoms with van der Waals surface area (Å²) in [6.07, 6.45) is 3.38. The number of urea groups is 1. The van der Waals surface area contributed by atoms with Crippen LogP contribution >= 0.6 is 0 Å². The molecule has 1 aliphatic carbocycles. The number of nitrogens with one attached hydrogen (secondary N) is 3. The lowest BCUT2D eigenvalue weighted by molar-refractivity contribution is -0.125. The standard InChI is InChI=1S/C20H31N3O2/c1-13(2)18(23-20(25)21-16-10-6-5-7-11-16)19(24)22-17-12-8-9-14(3)15(17)4/h5-7,10-11,13-15,17-18H,8-9,12H2,1-4H3,(H,22,24)(H2,21,23,25). The zero-order valence-electron chi connectivity index (χ0n) is 15.7. The van der Waals surface area contributed by atoms with Crippen molar-refractivity contribution in [3.63, 3.8) is 0 Å². The molecule has 3 N–H and O–H groups in total. The van der Waals surface area contributed by atoms with E-state index in [1.807, 2.05) is 44.2 Å². The third kappa shape index (κ3) is 5.48. The molecule has 25 heavy (non-hydrogen) atoms. The molecule has 5 nitrogen and oxygen atoms in total. The molecule has 0 aromatic heterocycles. The SMILES string of the molecule is CC(C)C(NC(=O)Nc1ccccc1)C(=O)NC1CCCC(C)C1C. The van der Waals surface area contributed by atoms with E-state index in [0.29, 0.717) is 17.5 Å². The Morgan fingerprint density at radius 2 is 1.76 bits per heavy atom. The molecule has 0 spiro atoms. The Morgan fingerprint density at radius 3 is 2.40 bits per heavy atom. The number of rotatable bonds is 5. The number of anilines is 1. The molecular weight excluding hydrogens is 314 g/mol. The van der Waals surface area contributed by atoms with Gasteiger partial charge in [-0.25, -0.2) is 4.79 Å². The fraction of sp³-hybridized carbons (Fsp3) is 0.600. The molecule has 0 aliphatic heterocycles. The Morgan fingerprint density at radius 1 is 1.08 bits per heavy atom. The smallest absolute Gasteiger partial charge is 0.319 e. The topological polar surface area (TPSA) is 70.2 Å². The molecule has 4 unspecified atom stereocenters. The average Bonchev–Trinajstić information content (AvgIpc) is 2.57. The molecule has 0 radical (unpaired) electrons. The fourth-order valence-electron chi connectivity index (χ4n) is 3.42. The fourth-order valence-corrected chi connectivity index (χ4v) is 3.42. The highest BCUT2D eigenvalue weighted by molar-refractivity contribution is 5.93. The van der Waals surface area contributed by atoms with Crippen molar-refractivity contribution in [1.29, 1.82) is 0 Å². The minimum absolute atomic E-state index is 0.0119. The number of carbonyl (C=O) groups is 2. The molecule has 1 fully saturated rings. The van der Waals surface area contributed by atoms with E-state index in [1.165, 1.54) is 6.42 Å². The van der Waals surface area contributed by atoms with E-state index >= 15 is 0 Å². The summed E-state index contributed by atoms with van der Waals surface area (Å²) in [5.41, 5.74) is 0.706. The molecule has 1 saturated carbocycles. The van der Waals surface area contributed by atoms with Crippen molar-refractivity contribution in [1.82, 2.24) is 10.6 Å². The van der Waals surface area contributed by atoms with Crippen molar-refractivity contribution >= 4 is 17.6 Å². The lowest BCUT2D eigenvalue weighted by atomic mass is 9.78. The Labute approximate surface area is 151 Å². The highest BCUT2D eigenvalue weighted by atomic mass is 16.2. The largest absolute Gasteiger partial charge is 0.351 e. The second-order valence-corrected chi connectivity index (χ2v) is 7.57. The minimum atomic E-state index is -0.548. The summed E-state index contributed by atoms with van der Waals surface area (Å²) < 4.78 is 0. The molecule has 2 rings (SSSR count). The molecule has 1 aromatic rings. The predicted octanol–water partition coefficient (Wildman–Crippen LogP) is 3.77. The molecule has 138 valence electrons. The zero-order valence-corrected chi connectivity index (χ0v) is 15.7. The summed E-state index contributed by atoms with van der Waals surface area (Å²) in [5.74, 6) is 0.997. The summed E-state index contributed by atoms with van der Waals surface area (Å²) in [7, 11) is 0. The summed E-state index contributed by atoms with van der Waals surface area (Å²) >= 11 is 0. The Balaban J connectivity index is 1.94. The van der Waals surface area contributed by atoms with E-state index < -0.39 is 6.04 Å². The Hall–Kier alpha value is -2.04. The zero-order chi connectivity index (χ0) is 18.4. The van der Waals surface area contributed by atoms with Gasteiger partial charge < -0.3 is 16.0 Å². The predicted molar refractivity (Wildman–Crippen MR) is 101 cm³/mol. The van der Waals surface area contributed by atoms with E-state index in [4.69, 9.17) is 0 Å². The van der Waals surface area contributed by atoms with Gasteiger partial charge in [-0.15, -0.1) is 0 Å². The number of hydrogen-bond donors (Lipinski definition) is 3. The van der Waals surface area contributed by atoms with Crippen LogP contribution in [0.2, 0.25) is 0 Å². The molecule has 1 aliphatic rings. The van der Waals surface area contributed by atoms with E-state index in [0.717, 1.165) is 12.8 Å². The lowest BCUT2D eigenvalue weighted by Gasteiger charge is -2.36. The number of carbonyl (C=O) groups excluding carboxylic acids is 2. The van der Waals surface area contributed by atoms with Crippen LogP contribution in [0, 0.1) is 17.8 Å². The van der Waals surface area contributed by atoms with Gasteiger partial charge in [0, 0.05) is 11.7 Å². The van der Waals surface area contributed by atoms with Gasteiger partial charge >= 0.3 is 6.03 Å². The molecule has 4 atom stereocenters. The highest BCUT2D eigenvalue weighted by Crippen LogP contribution is 2.29. The highest BCUT2D eigenvalue weighted by Gasteiger charge is 2.31. The van der Waals surface area contributed by atoms with E-state index in [-0.39, 0.29) is 23.9 Å². The lowest BCUT2D eigenvalue weighted by Crippen LogP contribution is -2.55. The van der Waals surface area contributed by atoms with Gasteiger partial charge in [-0.05, 0) is 36.3 Å². The van der Waals surface area contributed by atoms with Crippen LogP contribution in [0.3, 0.4) is 0 Å². The number of hydrogen-bond acceptors (Lipinski definition) is 2. The second-order valence-electron chi connectivity index (χ2n) is 7.57. The number of para-hydroxylation sites is 1. The average molecular weight is 345 g/mol. The molecule has 0 bridgehead atoms. The van der Waals surface area contributed by atoms with Crippen LogP contribution in [-0.4, -0.2) is 24.0 Å². The molecule has 1 aromatic carbocycles. The first kappa shape index (κ1) is 19.3. The van der Waals surface area contributed by atoms with Crippen molar-refractivity contribution in [2.45, 2.75) is 59.0 Å². The third-order valence-corrected chi connectivity index (χ3v) is 5.30. The van der Waals surface area contributed by atoms with E-state index in [9.17, 15) is 9.59 Å². The first-order valence-corrected chi connectivity index (χ1v) is 9.31. The number of benzene rings is 1. The molecular formula is C20H31N3O2. The maximum Gasteiger partial charge on any atom is 0.319 e. The van der Waals surface area contributed by atoms with E-state index in [1.54, 1.807) is 0 Å². The Kier molecular flexibility index (Phi) is 6.85. The van der Waals surface area contributed by atoms with Gasteiger partial charge in [0.1, 0.15) is 6.04 Å². The minimum Gasteiger partial charge on any atom is -0.351 e. The van der Waals surface area contributed by atoms with Crippen molar-refractivity contribution in [3.05, 3.63) is 30.3 Å². The summed E-state index contributed by atoms with van der Waals surface area (Å²) in [6, 6.07) is 8.51. The first-order valence-electron chi connectivity index (χ1n) is 9.31. The molecule has 5 heteroatoms. The van der Waals surface area contributed by atoms with Crippen molar-refractivity contribution in [2.75, 3.05) is 5.32 Å². The van der Waals surface area contributed by atoms with Gasteiger partial charge in [-0.3, -0.25) is 4.79 Å². The first-order chi connectivity index (χ1) is 11.9. The van der Waals surface area contributed by atoms with Crippen molar-refractivity contribution in [2.24, 2.45) is 17.8 Å². The van der Waals surface area contributed by atoms with Gasteiger partial charge in [0.2, 0.25) is 5.91 Å². The van der Waals surface area contributed by atoms with Crippen LogP contribution in [0.1, 0.15) is 47.0 Å². The van der Waals surface area contributed by atoms with Crippen LogP contribution in [0.25, 0.3) is 0 Å². The van der Waals surface area contributed by atoms with Gasteiger partial charge in [-0.2, -0.15) is 0 Å². The van der Waals surface area contributed by atoms with Crippen LogP contribution in [-0.2, 0) is 4.79 Å². The van der Waals surface area contributed by atoms with Crippen LogP contribution < -0.4 is 16.0 Å². The number of amides is 3. The van der Waals surface area contributed by atoms with Crippen molar-refractivity contribution < 1.29 is 9.59 Å². The van der Waals surface area contributed by atoms with Gasteiger partial charge in [0.05, 0.1) is 0 Å². The Bertz CT molecular complexity index is 574. The van der Waals surface area contributed by atoms with E-state index in [2.05, 4.69) is 29.8 Å². The van der Waals surface area contributed by atoms with Gasteiger partial charge in [-0.1, -0.05) is 58.7 Å². The molecule has 0 heterocycles. The summed E-state index contributed by atoms with van der Waals surface area (Å²) in [6.45, 7) is 8.34. The normalized spacial score (nSPS) is 24.4. The van der Waals surface area contributed by atoms with Crippen LogP contribution in [0.4, 0.5) is 10.5 Å². The van der Waals surface area contributed by atoms with Gasteiger partial charge in [0.15, 0.2) is 0 Å². The third-order valence-electron chi connectivity index (χ3n) is 5.30. The second kappa shape index (κ2) is 8.88. The maximum absolute atomic E-state index is 12.7. The quantitative estimate of drug-likeness (QED) is 0.760. The van der Waals surface area contributed by atoms with Crippen molar-refractivity contribution in [3.8, 4) is 0 Å².